The third-order valence-electron chi connectivity index (χ3n) is 3.68. The van der Waals surface area contributed by atoms with Crippen LogP contribution < -0.4 is 5.32 Å². The molecule has 0 spiro atoms. The maximum Gasteiger partial charge on any atom is 0.339 e. The summed E-state index contributed by atoms with van der Waals surface area (Å²) in [5.41, 5.74) is 2.36. The van der Waals surface area contributed by atoms with Gasteiger partial charge in [-0.05, 0) is 32.8 Å². The molecule has 0 aliphatic heterocycles. The zero-order valence-corrected chi connectivity index (χ0v) is 12.4. The third kappa shape index (κ3) is 3.69. The number of hydrogen-bond acceptors (Lipinski definition) is 3. The minimum absolute atomic E-state index is 0.245. The summed E-state index contributed by atoms with van der Waals surface area (Å²) in [5.74, 6) is -0.389. The highest BCUT2D eigenvalue weighted by Gasteiger charge is 2.19. The molecule has 0 aromatic carbocycles. The number of nitrogens with zero attached hydrogens (tertiary/aromatic N) is 1. The Morgan fingerprint density at radius 3 is 2.42 bits per heavy atom. The Morgan fingerprint density at radius 1 is 1.37 bits per heavy atom. The number of carbonyl (C=O) groups is 1. The Morgan fingerprint density at radius 2 is 1.95 bits per heavy atom. The zero-order chi connectivity index (χ0) is 14.6. The van der Waals surface area contributed by atoms with Crippen molar-refractivity contribution in [1.82, 2.24) is 4.98 Å². The Labute approximate surface area is 115 Å². The SMILES string of the molecule is CCC(CC)C(C)Nc1cc(C)nc(C)c1C(=O)O. The Bertz CT molecular complexity index is 454. The molecule has 0 fully saturated rings. The van der Waals surface area contributed by atoms with E-state index < -0.39 is 5.97 Å². The van der Waals surface area contributed by atoms with Crippen LogP contribution in [-0.2, 0) is 0 Å². The maximum absolute atomic E-state index is 11.4. The second-order valence-electron chi connectivity index (χ2n) is 5.09. The lowest BCUT2D eigenvalue weighted by molar-refractivity contribution is 0.0696. The van der Waals surface area contributed by atoms with Crippen LogP contribution >= 0.6 is 0 Å². The van der Waals surface area contributed by atoms with Gasteiger partial charge in [0.1, 0.15) is 5.56 Å². The van der Waals surface area contributed by atoms with E-state index in [2.05, 4.69) is 31.1 Å². The lowest BCUT2D eigenvalue weighted by Crippen LogP contribution is -2.26. The van der Waals surface area contributed by atoms with E-state index in [1.807, 2.05) is 13.0 Å². The van der Waals surface area contributed by atoms with E-state index in [1.54, 1.807) is 6.92 Å². The predicted octanol–water partition coefficient (Wildman–Crippen LogP) is 3.63. The number of rotatable bonds is 6. The number of carboxylic acids is 1. The first kappa shape index (κ1) is 15.5. The summed E-state index contributed by atoms with van der Waals surface area (Å²) < 4.78 is 0. The number of nitrogens with one attached hydrogen (secondary N) is 1. The van der Waals surface area contributed by atoms with Gasteiger partial charge in [-0.25, -0.2) is 4.79 Å². The fourth-order valence-electron chi connectivity index (χ4n) is 2.57. The molecule has 0 aliphatic rings. The predicted molar refractivity (Wildman–Crippen MR) is 77.8 cm³/mol. The number of carboxylic acid groups (broad SMARTS) is 1. The van der Waals surface area contributed by atoms with Crippen LogP contribution in [0.5, 0.6) is 0 Å². The molecule has 0 saturated carbocycles. The van der Waals surface area contributed by atoms with E-state index in [0.717, 1.165) is 18.5 Å². The number of hydrogen-bond donors (Lipinski definition) is 2. The topological polar surface area (TPSA) is 62.2 Å². The molecule has 1 atom stereocenters. The molecule has 0 aliphatic carbocycles. The van der Waals surface area contributed by atoms with Gasteiger partial charge in [-0.15, -0.1) is 0 Å². The van der Waals surface area contributed by atoms with Crippen molar-refractivity contribution >= 4 is 11.7 Å². The number of aromatic nitrogens is 1. The second kappa shape index (κ2) is 6.55. The van der Waals surface area contributed by atoms with Crippen LogP contribution in [0.2, 0.25) is 0 Å². The molecule has 1 aromatic heterocycles. The number of aryl methyl sites for hydroxylation is 2. The van der Waals surface area contributed by atoms with Crippen molar-refractivity contribution < 1.29 is 9.90 Å². The molecule has 106 valence electrons. The first-order chi connectivity index (χ1) is 8.90. The minimum atomic E-state index is -0.927. The van der Waals surface area contributed by atoms with Crippen LogP contribution in [0, 0.1) is 19.8 Å². The average molecular weight is 264 g/mol. The quantitative estimate of drug-likeness (QED) is 0.823. The largest absolute Gasteiger partial charge is 0.478 e. The molecule has 0 radical (unpaired) electrons. The van der Waals surface area contributed by atoms with Crippen molar-refractivity contribution in [2.75, 3.05) is 5.32 Å². The molecule has 2 N–H and O–H groups in total. The minimum Gasteiger partial charge on any atom is -0.478 e. The summed E-state index contributed by atoms with van der Waals surface area (Å²) in [6.45, 7) is 10.0. The van der Waals surface area contributed by atoms with Crippen molar-refractivity contribution in [3.8, 4) is 0 Å². The number of anilines is 1. The van der Waals surface area contributed by atoms with E-state index in [4.69, 9.17) is 0 Å². The van der Waals surface area contributed by atoms with Gasteiger partial charge < -0.3 is 10.4 Å². The fraction of sp³-hybridized carbons (Fsp3) is 0.600. The van der Waals surface area contributed by atoms with E-state index in [1.165, 1.54) is 0 Å². The van der Waals surface area contributed by atoms with Crippen LogP contribution in [0.25, 0.3) is 0 Å². The average Bonchev–Trinajstić information content (AvgIpc) is 2.28. The van der Waals surface area contributed by atoms with Gasteiger partial charge in [-0.2, -0.15) is 0 Å². The highest BCUT2D eigenvalue weighted by Crippen LogP contribution is 2.24. The molecule has 19 heavy (non-hydrogen) atoms. The van der Waals surface area contributed by atoms with E-state index in [-0.39, 0.29) is 11.6 Å². The summed E-state index contributed by atoms with van der Waals surface area (Å²) in [6.07, 6.45) is 2.16. The summed E-state index contributed by atoms with van der Waals surface area (Å²) in [7, 11) is 0. The molecule has 1 rings (SSSR count). The van der Waals surface area contributed by atoms with Gasteiger partial charge in [-0.3, -0.25) is 4.98 Å². The lowest BCUT2D eigenvalue weighted by Gasteiger charge is -2.25. The molecule has 4 heteroatoms. The summed E-state index contributed by atoms with van der Waals surface area (Å²) in [6, 6.07) is 2.06. The third-order valence-corrected chi connectivity index (χ3v) is 3.68. The van der Waals surface area contributed by atoms with Crippen LogP contribution in [-0.4, -0.2) is 22.1 Å². The van der Waals surface area contributed by atoms with Gasteiger partial charge in [-0.1, -0.05) is 26.7 Å². The van der Waals surface area contributed by atoms with Gasteiger partial charge >= 0.3 is 5.97 Å². The lowest BCUT2D eigenvalue weighted by atomic mass is 9.95. The Balaban J connectivity index is 3.09. The summed E-state index contributed by atoms with van der Waals surface area (Å²) in [4.78, 5) is 15.6. The number of aromatic carboxylic acids is 1. The van der Waals surface area contributed by atoms with E-state index in [9.17, 15) is 9.90 Å². The molecule has 1 heterocycles. The van der Waals surface area contributed by atoms with Crippen molar-refractivity contribution in [3.05, 3.63) is 23.0 Å². The van der Waals surface area contributed by atoms with Crippen LogP contribution in [0.3, 0.4) is 0 Å². The Kier molecular flexibility index (Phi) is 5.33. The van der Waals surface area contributed by atoms with Crippen LogP contribution in [0.15, 0.2) is 6.07 Å². The highest BCUT2D eigenvalue weighted by molar-refractivity contribution is 5.95. The molecule has 0 bridgehead atoms. The normalized spacial score (nSPS) is 12.5. The van der Waals surface area contributed by atoms with Crippen molar-refractivity contribution in [2.24, 2.45) is 5.92 Å². The van der Waals surface area contributed by atoms with Gasteiger partial charge in [0.2, 0.25) is 0 Å². The molecule has 1 aromatic rings. The summed E-state index contributed by atoms with van der Waals surface area (Å²) >= 11 is 0. The molecule has 1 unspecified atom stereocenters. The van der Waals surface area contributed by atoms with Gasteiger partial charge in [0.05, 0.1) is 11.4 Å². The first-order valence-corrected chi connectivity index (χ1v) is 6.88. The van der Waals surface area contributed by atoms with Gasteiger partial charge in [0, 0.05) is 11.7 Å². The Hall–Kier alpha value is -1.58. The number of pyridine rings is 1. The maximum atomic E-state index is 11.4. The van der Waals surface area contributed by atoms with E-state index in [0.29, 0.717) is 17.3 Å². The van der Waals surface area contributed by atoms with Crippen molar-refractivity contribution in [3.63, 3.8) is 0 Å². The molecule has 4 nitrogen and oxygen atoms in total. The van der Waals surface area contributed by atoms with Crippen molar-refractivity contribution in [2.45, 2.75) is 53.5 Å². The second-order valence-corrected chi connectivity index (χ2v) is 5.09. The van der Waals surface area contributed by atoms with Crippen LogP contribution in [0.4, 0.5) is 5.69 Å². The monoisotopic (exact) mass is 264 g/mol. The van der Waals surface area contributed by atoms with E-state index >= 15 is 0 Å². The zero-order valence-electron chi connectivity index (χ0n) is 12.4. The molecular weight excluding hydrogens is 240 g/mol. The standard InChI is InChI=1S/C15H24N2O2/c1-6-12(7-2)10(4)17-13-8-9(3)16-11(5)14(13)15(18)19/h8,10,12H,6-7H2,1-5H3,(H,16,17)(H,18,19). The first-order valence-electron chi connectivity index (χ1n) is 6.88. The highest BCUT2D eigenvalue weighted by atomic mass is 16.4. The smallest absolute Gasteiger partial charge is 0.339 e. The molecular formula is C15H24N2O2. The fourth-order valence-corrected chi connectivity index (χ4v) is 2.57. The van der Waals surface area contributed by atoms with Crippen molar-refractivity contribution in [1.29, 1.82) is 0 Å². The van der Waals surface area contributed by atoms with Gasteiger partial charge in [0.15, 0.2) is 0 Å². The molecule has 0 amide bonds. The summed E-state index contributed by atoms with van der Waals surface area (Å²) in [5, 5.41) is 12.7. The molecule has 0 saturated heterocycles. The van der Waals surface area contributed by atoms with Gasteiger partial charge in [0.25, 0.3) is 0 Å². The van der Waals surface area contributed by atoms with Crippen LogP contribution in [0.1, 0.15) is 55.4 Å².